The maximum atomic E-state index is 13.0. The molecule has 0 aromatic heterocycles. The molecule has 1 atom stereocenters. The maximum Gasteiger partial charge on any atom is 0.326 e. The average Bonchev–Trinajstić information content (AvgIpc) is 2.84. The van der Waals surface area contributed by atoms with Gasteiger partial charge >= 0.3 is 6.03 Å². The summed E-state index contributed by atoms with van der Waals surface area (Å²) in [5.41, 5.74) is 3.13. The number of amides is 3. The Kier molecular flexibility index (Phi) is 4.95. The molecule has 0 radical (unpaired) electrons. The number of urea groups is 1. The molecule has 3 amide bonds. The van der Waals surface area contributed by atoms with E-state index >= 15 is 0 Å². The second-order valence-corrected chi connectivity index (χ2v) is 13.5. The van der Waals surface area contributed by atoms with Crippen LogP contribution in [0.15, 0.2) is 48.5 Å². The smallest absolute Gasteiger partial charge is 0.326 e. The third-order valence-corrected chi connectivity index (χ3v) is 6.83. The van der Waals surface area contributed by atoms with Gasteiger partial charge < -0.3 is 9.33 Å². The van der Waals surface area contributed by atoms with Crippen LogP contribution >= 0.6 is 0 Å². The van der Waals surface area contributed by atoms with E-state index in [1.807, 2.05) is 24.3 Å². The Labute approximate surface area is 179 Å². The van der Waals surface area contributed by atoms with E-state index in [0.29, 0.717) is 0 Å². The summed E-state index contributed by atoms with van der Waals surface area (Å²) in [5, 5.41) is 0. The summed E-state index contributed by atoms with van der Waals surface area (Å²) in [6, 6.07) is 15.5. The second-order valence-electron chi connectivity index (χ2n) is 9.02. The van der Waals surface area contributed by atoms with Crippen molar-refractivity contribution >= 4 is 32.4 Å². The molecule has 1 aliphatic carbocycles. The normalized spacial score (nSPS) is 20.6. The molecule has 2 aromatic carbocycles. The van der Waals surface area contributed by atoms with Crippen molar-refractivity contribution in [2.75, 3.05) is 14.1 Å². The number of likely N-dealkylation sites (N-methyl/N-ethyl adjacent to an activating group) is 1. The van der Waals surface area contributed by atoms with E-state index in [1.165, 1.54) is 4.90 Å². The summed E-state index contributed by atoms with van der Waals surface area (Å²) in [7, 11) is 1.17. The molecular weight excluding hydrogens is 392 g/mol. The zero-order valence-corrected chi connectivity index (χ0v) is 19.2. The number of hydrogen-bond acceptors (Lipinski definition) is 3. The van der Waals surface area contributed by atoms with E-state index in [1.54, 1.807) is 19.0 Å². The van der Waals surface area contributed by atoms with Crippen LogP contribution in [0.3, 0.4) is 0 Å². The Morgan fingerprint density at radius 3 is 1.90 bits per heavy atom. The van der Waals surface area contributed by atoms with Gasteiger partial charge in [-0.15, -0.1) is 0 Å². The highest BCUT2D eigenvalue weighted by Crippen LogP contribution is 2.48. The van der Waals surface area contributed by atoms with E-state index in [-0.39, 0.29) is 18.4 Å². The standard InChI is InChI=1S/C24H28N2O3Si/c1-25-21(16-22(27)26(2)23(25)28)24(29-30(3,4)5)19-12-8-6-10-17(19)14-15-18-11-7-9-13-20(18)24/h6-15,21H,16H2,1-5H3. The van der Waals surface area contributed by atoms with Gasteiger partial charge in [0, 0.05) is 14.1 Å². The number of fused-ring (bicyclic) bond motifs is 2. The number of benzene rings is 2. The molecule has 30 heavy (non-hydrogen) atoms. The third-order valence-electron chi connectivity index (χ3n) is 5.90. The van der Waals surface area contributed by atoms with Gasteiger partial charge in [-0.25, -0.2) is 4.79 Å². The van der Waals surface area contributed by atoms with Crippen molar-refractivity contribution in [1.82, 2.24) is 9.80 Å². The molecule has 156 valence electrons. The van der Waals surface area contributed by atoms with Gasteiger partial charge in [-0.3, -0.25) is 9.69 Å². The number of carbonyl (C=O) groups excluding carboxylic acids is 2. The highest BCUT2D eigenvalue weighted by Gasteiger charge is 2.54. The zero-order valence-electron chi connectivity index (χ0n) is 18.2. The molecule has 2 aromatic rings. The van der Waals surface area contributed by atoms with E-state index in [0.717, 1.165) is 22.3 Å². The summed E-state index contributed by atoms with van der Waals surface area (Å²) < 4.78 is 7.08. The first-order chi connectivity index (χ1) is 14.1. The van der Waals surface area contributed by atoms with Gasteiger partial charge in [0.25, 0.3) is 0 Å². The molecule has 6 heteroatoms. The SMILES string of the molecule is CN1C(=O)CC(C2(O[Si](C)(C)C)c3ccccc3C=Cc3ccccc32)N(C)C1=O. The minimum absolute atomic E-state index is 0.186. The predicted octanol–water partition coefficient (Wildman–Crippen LogP) is 4.55. The van der Waals surface area contributed by atoms with Gasteiger partial charge in [-0.2, -0.15) is 0 Å². The molecule has 5 nitrogen and oxygen atoms in total. The van der Waals surface area contributed by atoms with Gasteiger partial charge in [0.05, 0.1) is 12.5 Å². The van der Waals surface area contributed by atoms with Crippen molar-refractivity contribution in [3.05, 3.63) is 70.8 Å². The fraction of sp³-hybridized carbons (Fsp3) is 0.333. The number of carbonyl (C=O) groups is 2. The largest absolute Gasteiger partial charge is 0.402 e. The Balaban J connectivity index is 2.07. The average molecular weight is 421 g/mol. The monoisotopic (exact) mass is 420 g/mol. The summed E-state index contributed by atoms with van der Waals surface area (Å²) in [6.07, 6.45) is 4.40. The highest BCUT2D eigenvalue weighted by molar-refractivity contribution is 6.69. The van der Waals surface area contributed by atoms with Crippen molar-refractivity contribution in [2.24, 2.45) is 0 Å². The molecule has 1 aliphatic heterocycles. The summed E-state index contributed by atoms with van der Waals surface area (Å²) in [5.74, 6) is -0.186. The summed E-state index contributed by atoms with van der Waals surface area (Å²) >= 11 is 0. The third kappa shape index (κ3) is 3.20. The summed E-state index contributed by atoms with van der Waals surface area (Å²) in [6.45, 7) is 6.45. The van der Waals surface area contributed by atoms with Crippen LogP contribution in [-0.2, 0) is 14.8 Å². The van der Waals surface area contributed by atoms with Crippen molar-refractivity contribution in [2.45, 2.75) is 37.7 Å². The molecule has 1 saturated heterocycles. The van der Waals surface area contributed by atoms with Crippen molar-refractivity contribution in [1.29, 1.82) is 0 Å². The molecule has 1 heterocycles. The number of nitrogens with zero attached hydrogens (tertiary/aromatic N) is 2. The quantitative estimate of drug-likeness (QED) is 0.685. The van der Waals surface area contributed by atoms with Gasteiger partial charge in [0.2, 0.25) is 5.91 Å². The van der Waals surface area contributed by atoms with E-state index < -0.39 is 20.0 Å². The lowest BCUT2D eigenvalue weighted by atomic mass is 9.75. The van der Waals surface area contributed by atoms with Crippen LogP contribution in [0.4, 0.5) is 4.79 Å². The van der Waals surface area contributed by atoms with Gasteiger partial charge in [-0.1, -0.05) is 60.7 Å². The molecular formula is C24H28N2O3Si. The number of imide groups is 1. The molecule has 0 saturated carbocycles. The molecule has 1 unspecified atom stereocenters. The Hall–Kier alpha value is -2.70. The summed E-state index contributed by atoms with van der Waals surface area (Å²) in [4.78, 5) is 28.7. The van der Waals surface area contributed by atoms with Gasteiger partial charge in [0.15, 0.2) is 8.32 Å². The van der Waals surface area contributed by atoms with Crippen LogP contribution in [0.5, 0.6) is 0 Å². The lowest BCUT2D eigenvalue weighted by Crippen LogP contribution is -2.63. The number of rotatable bonds is 3. The topological polar surface area (TPSA) is 49.9 Å². The molecule has 4 rings (SSSR count). The van der Waals surface area contributed by atoms with Crippen LogP contribution < -0.4 is 0 Å². The van der Waals surface area contributed by atoms with Crippen LogP contribution in [-0.4, -0.2) is 50.2 Å². The van der Waals surface area contributed by atoms with Gasteiger partial charge in [-0.05, 0) is 41.9 Å². The van der Waals surface area contributed by atoms with Crippen LogP contribution in [0.25, 0.3) is 12.2 Å². The molecule has 2 aliphatic rings. The van der Waals surface area contributed by atoms with Crippen molar-refractivity contribution < 1.29 is 14.0 Å². The van der Waals surface area contributed by atoms with Crippen LogP contribution in [0.1, 0.15) is 28.7 Å². The van der Waals surface area contributed by atoms with Crippen molar-refractivity contribution in [3.8, 4) is 0 Å². The van der Waals surface area contributed by atoms with E-state index in [2.05, 4.69) is 56.1 Å². The Bertz CT molecular complexity index is 991. The first kappa shape index (κ1) is 20.6. The minimum Gasteiger partial charge on any atom is -0.402 e. The first-order valence-corrected chi connectivity index (χ1v) is 13.7. The maximum absolute atomic E-state index is 13.0. The lowest BCUT2D eigenvalue weighted by Gasteiger charge is -2.51. The fourth-order valence-electron chi connectivity index (χ4n) is 4.64. The fourth-order valence-corrected chi connectivity index (χ4v) is 5.96. The molecule has 1 fully saturated rings. The van der Waals surface area contributed by atoms with Crippen LogP contribution in [0.2, 0.25) is 19.6 Å². The second kappa shape index (κ2) is 7.21. The molecule has 0 bridgehead atoms. The van der Waals surface area contributed by atoms with Crippen LogP contribution in [0, 0.1) is 0 Å². The van der Waals surface area contributed by atoms with Gasteiger partial charge in [0.1, 0.15) is 5.60 Å². The van der Waals surface area contributed by atoms with E-state index in [4.69, 9.17) is 4.43 Å². The lowest BCUT2D eigenvalue weighted by molar-refractivity contribution is -0.134. The molecule has 0 spiro atoms. The highest BCUT2D eigenvalue weighted by atomic mass is 28.4. The Morgan fingerprint density at radius 2 is 1.40 bits per heavy atom. The zero-order chi connectivity index (χ0) is 21.7. The van der Waals surface area contributed by atoms with E-state index in [9.17, 15) is 9.59 Å². The molecule has 0 N–H and O–H groups in total. The van der Waals surface area contributed by atoms with Crippen molar-refractivity contribution in [3.63, 3.8) is 0 Å². The first-order valence-electron chi connectivity index (χ1n) is 10.3. The number of hydrogen-bond donors (Lipinski definition) is 0. The minimum atomic E-state index is -2.14. The Morgan fingerprint density at radius 1 is 0.900 bits per heavy atom. The predicted molar refractivity (Wildman–Crippen MR) is 121 cm³/mol.